The molecule has 0 aromatic heterocycles. The monoisotopic (exact) mass is 450 g/mol. The van der Waals surface area contributed by atoms with Crippen LogP contribution in [-0.4, -0.2) is 49.8 Å². The van der Waals surface area contributed by atoms with Crippen molar-refractivity contribution in [3.63, 3.8) is 0 Å². The summed E-state index contributed by atoms with van der Waals surface area (Å²) < 4.78 is 35.3. The number of hydrogen-bond acceptors (Lipinski definition) is 6. The zero-order chi connectivity index (χ0) is 22.4. The number of thioether (sulfide) groups is 1. The first-order chi connectivity index (χ1) is 14.9. The highest BCUT2D eigenvalue weighted by Crippen LogP contribution is 2.33. The highest BCUT2D eigenvalue weighted by molar-refractivity contribution is 7.98. The van der Waals surface area contributed by atoms with E-state index in [0.29, 0.717) is 28.8 Å². The summed E-state index contributed by atoms with van der Waals surface area (Å²) in [5.74, 6) is -3.58. The van der Waals surface area contributed by atoms with Gasteiger partial charge in [0.05, 0.1) is 17.8 Å². The lowest BCUT2D eigenvalue weighted by Crippen LogP contribution is -2.51. The van der Waals surface area contributed by atoms with E-state index in [1.165, 1.54) is 24.1 Å². The fourth-order valence-electron chi connectivity index (χ4n) is 2.95. The Hall–Kier alpha value is -3.14. The van der Waals surface area contributed by atoms with E-state index in [0.717, 1.165) is 0 Å². The third-order valence-corrected chi connectivity index (χ3v) is 5.26. The SMILES string of the molecule is CNC(=O)[C@H]1CN(C(=O)COC(=O)c2ccc(CSC(F)F)cc2)c2ccccc2O1. The van der Waals surface area contributed by atoms with Crippen LogP contribution in [0.2, 0.25) is 0 Å². The average Bonchev–Trinajstić information content (AvgIpc) is 2.79. The molecular weight excluding hydrogens is 430 g/mol. The largest absolute Gasteiger partial charge is 0.477 e. The predicted molar refractivity (Wildman–Crippen MR) is 111 cm³/mol. The molecule has 2 amide bonds. The minimum absolute atomic E-state index is 0.0242. The van der Waals surface area contributed by atoms with Gasteiger partial charge < -0.3 is 19.7 Å². The molecule has 3 rings (SSSR count). The number of anilines is 1. The third kappa shape index (κ3) is 5.72. The summed E-state index contributed by atoms with van der Waals surface area (Å²) in [6.45, 7) is -0.555. The number of hydrogen-bond donors (Lipinski definition) is 1. The average molecular weight is 450 g/mol. The minimum atomic E-state index is -2.47. The lowest BCUT2D eigenvalue weighted by molar-refractivity contribution is -0.128. The van der Waals surface area contributed by atoms with Crippen LogP contribution in [0.4, 0.5) is 14.5 Å². The number of benzene rings is 2. The van der Waals surface area contributed by atoms with Gasteiger partial charge in [-0.15, -0.1) is 0 Å². The first kappa shape index (κ1) is 22.5. The maximum atomic E-state index is 12.7. The Morgan fingerprint density at radius 1 is 1.19 bits per heavy atom. The molecule has 1 aliphatic heterocycles. The fourth-order valence-corrected chi connectivity index (χ4v) is 3.46. The van der Waals surface area contributed by atoms with Crippen LogP contribution in [0.15, 0.2) is 48.5 Å². The number of carbonyl (C=O) groups excluding carboxylic acids is 3. The Labute approximate surface area is 181 Å². The molecule has 0 bridgehead atoms. The summed E-state index contributed by atoms with van der Waals surface area (Å²) >= 11 is 0.488. The molecule has 1 atom stereocenters. The van der Waals surface area contributed by atoms with Gasteiger partial charge in [-0.3, -0.25) is 9.59 Å². The van der Waals surface area contributed by atoms with Gasteiger partial charge in [0.2, 0.25) is 0 Å². The molecule has 1 heterocycles. The Bertz CT molecular complexity index is 955. The van der Waals surface area contributed by atoms with Crippen LogP contribution in [0, 0.1) is 0 Å². The van der Waals surface area contributed by atoms with Crippen molar-refractivity contribution in [2.75, 3.05) is 25.1 Å². The summed E-state index contributed by atoms with van der Waals surface area (Å²) in [7, 11) is 1.47. The number of halogens is 2. The van der Waals surface area contributed by atoms with E-state index in [-0.39, 0.29) is 23.8 Å². The number of nitrogens with zero attached hydrogens (tertiary/aromatic N) is 1. The molecule has 0 fully saturated rings. The highest BCUT2D eigenvalue weighted by Gasteiger charge is 2.33. The van der Waals surface area contributed by atoms with Crippen LogP contribution in [0.1, 0.15) is 15.9 Å². The molecule has 10 heteroatoms. The lowest BCUT2D eigenvalue weighted by Gasteiger charge is -2.33. The number of carbonyl (C=O) groups is 3. The molecule has 7 nitrogen and oxygen atoms in total. The lowest BCUT2D eigenvalue weighted by atomic mass is 10.1. The topological polar surface area (TPSA) is 84.9 Å². The third-order valence-electron chi connectivity index (χ3n) is 4.51. The van der Waals surface area contributed by atoms with Gasteiger partial charge in [0.25, 0.3) is 17.6 Å². The summed E-state index contributed by atoms with van der Waals surface area (Å²) in [5, 5.41) is 2.49. The second-order valence-corrected chi connectivity index (χ2v) is 7.52. The van der Waals surface area contributed by atoms with Gasteiger partial charge in [-0.1, -0.05) is 36.0 Å². The molecule has 0 aliphatic carbocycles. The number of rotatable bonds is 7. The van der Waals surface area contributed by atoms with Gasteiger partial charge in [0.1, 0.15) is 5.75 Å². The smallest absolute Gasteiger partial charge is 0.338 e. The molecule has 164 valence electrons. The summed E-state index contributed by atoms with van der Waals surface area (Å²) in [4.78, 5) is 38.4. The van der Waals surface area contributed by atoms with E-state index < -0.39 is 30.3 Å². The van der Waals surface area contributed by atoms with Crippen molar-refractivity contribution in [2.24, 2.45) is 0 Å². The fraction of sp³-hybridized carbons (Fsp3) is 0.286. The van der Waals surface area contributed by atoms with Crippen LogP contribution in [-0.2, 0) is 20.1 Å². The van der Waals surface area contributed by atoms with E-state index in [2.05, 4.69) is 5.32 Å². The number of likely N-dealkylation sites (N-methyl/N-ethyl adjacent to an activating group) is 1. The van der Waals surface area contributed by atoms with Crippen molar-refractivity contribution < 1.29 is 32.6 Å². The number of fused-ring (bicyclic) bond motifs is 1. The van der Waals surface area contributed by atoms with Gasteiger partial charge in [0.15, 0.2) is 12.7 Å². The number of nitrogens with one attached hydrogen (secondary N) is 1. The van der Waals surface area contributed by atoms with Crippen LogP contribution in [0.5, 0.6) is 5.75 Å². The van der Waals surface area contributed by atoms with Crippen molar-refractivity contribution in [1.82, 2.24) is 5.32 Å². The zero-order valence-corrected chi connectivity index (χ0v) is 17.4. The van der Waals surface area contributed by atoms with E-state index in [9.17, 15) is 23.2 Å². The van der Waals surface area contributed by atoms with Gasteiger partial charge in [-0.05, 0) is 29.8 Å². The zero-order valence-electron chi connectivity index (χ0n) is 16.5. The molecule has 0 spiro atoms. The maximum absolute atomic E-state index is 12.7. The van der Waals surface area contributed by atoms with Gasteiger partial charge in [-0.25, -0.2) is 4.79 Å². The number of amides is 2. The molecule has 2 aromatic carbocycles. The minimum Gasteiger partial charge on any atom is -0.477 e. The van der Waals surface area contributed by atoms with Gasteiger partial charge in [-0.2, -0.15) is 8.78 Å². The first-order valence-electron chi connectivity index (χ1n) is 9.32. The molecule has 0 saturated carbocycles. The molecule has 0 unspecified atom stereocenters. The van der Waals surface area contributed by atoms with Crippen LogP contribution >= 0.6 is 11.8 Å². The molecular formula is C21H20F2N2O5S. The van der Waals surface area contributed by atoms with Crippen molar-refractivity contribution in [1.29, 1.82) is 0 Å². The molecule has 2 aromatic rings. The number of ether oxygens (including phenoxy) is 2. The van der Waals surface area contributed by atoms with Gasteiger partial charge in [0, 0.05) is 12.8 Å². The first-order valence-corrected chi connectivity index (χ1v) is 10.4. The quantitative estimate of drug-likeness (QED) is 0.653. The van der Waals surface area contributed by atoms with E-state index >= 15 is 0 Å². The standard InChI is InChI=1S/C21H20F2N2O5S/c1-24-19(27)17-10-25(15-4-2-3-5-16(15)30-17)18(26)11-29-20(28)14-8-6-13(7-9-14)12-31-21(22)23/h2-9,17,21H,10-12H2,1H3,(H,24,27)/t17-/m1/s1. The summed E-state index contributed by atoms with van der Waals surface area (Å²) in [6.07, 6.45) is -0.891. The van der Waals surface area contributed by atoms with E-state index in [4.69, 9.17) is 9.47 Å². The van der Waals surface area contributed by atoms with Crippen molar-refractivity contribution in [3.8, 4) is 5.75 Å². The Morgan fingerprint density at radius 2 is 1.90 bits per heavy atom. The van der Waals surface area contributed by atoms with E-state index in [1.807, 2.05) is 0 Å². The number of alkyl halides is 2. The van der Waals surface area contributed by atoms with E-state index in [1.54, 1.807) is 36.4 Å². The highest BCUT2D eigenvalue weighted by atomic mass is 32.2. The Morgan fingerprint density at radius 3 is 2.58 bits per heavy atom. The second kappa shape index (κ2) is 10.3. The predicted octanol–water partition coefficient (Wildman–Crippen LogP) is 2.84. The Kier molecular flexibility index (Phi) is 7.45. The molecule has 0 radical (unpaired) electrons. The van der Waals surface area contributed by atoms with Crippen LogP contribution in [0.3, 0.4) is 0 Å². The second-order valence-electron chi connectivity index (χ2n) is 6.54. The van der Waals surface area contributed by atoms with Crippen LogP contribution < -0.4 is 15.0 Å². The summed E-state index contributed by atoms with van der Waals surface area (Å²) in [6, 6.07) is 12.8. The Balaban J connectivity index is 1.63. The molecule has 1 N–H and O–H groups in total. The number of esters is 1. The van der Waals surface area contributed by atoms with Crippen LogP contribution in [0.25, 0.3) is 0 Å². The van der Waals surface area contributed by atoms with Crippen molar-refractivity contribution >= 4 is 35.2 Å². The normalized spacial score (nSPS) is 15.1. The van der Waals surface area contributed by atoms with Crippen molar-refractivity contribution in [3.05, 3.63) is 59.7 Å². The molecule has 0 saturated heterocycles. The molecule has 1 aliphatic rings. The molecule has 31 heavy (non-hydrogen) atoms. The number of para-hydroxylation sites is 2. The van der Waals surface area contributed by atoms with Gasteiger partial charge >= 0.3 is 5.97 Å². The summed E-state index contributed by atoms with van der Waals surface area (Å²) in [5.41, 5.74) is 1.32. The maximum Gasteiger partial charge on any atom is 0.338 e. The van der Waals surface area contributed by atoms with Crippen molar-refractivity contribution in [2.45, 2.75) is 17.6 Å².